The summed E-state index contributed by atoms with van der Waals surface area (Å²) >= 11 is 0. The van der Waals surface area contributed by atoms with Crippen molar-refractivity contribution in [3.8, 4) is 0 Å². The molecule has 0 amide bonds. The van der Waals surface area contributed by atoms with Crippen LogP contribution >= 0.6 is 0 Å². The molecule has 2 rings (SSSR count). The van der Waals surface area contributed by atoms with Crippen molar-refractivity contribution in [2.75, 3.05) is 6.61 Å². The third-order valence-electron chi connectivity index (χ3n) is 2.83. The van der Waals surface area contributed by atoms with E-state index in [1.165, 1.54) is 18.5 Å². The van der Waals surface area contributed by atoms with Gasteiger partial charge in [0.2, 0.25) is 0 Å². The maximum absolute atomic E-state index is 8.85. The Morgan fingerprint density at radius 3 is 3.31 bits per heavy atom. The molecule has 0 aromatic carbocycles. The third-order valence-corrected chi connectivity index (χ3v) is 2.83. The predicted octanol–water partition coefficient (Wildman–Crippen LogP) is 1.32. The molecule has 0 saturated heterocycles. The predicted molar refractivity (Wildman–Crippen MR) is 50.7 cm³/mol. The van der Waals surface area contributed by atoms with E-state index in [0.29, 0.717) is 12.3 Å². The molecule has 3 nitrogen and oxygen atoms in total. The molecular formula is C10H16N2O. The van der Waals surface area contributed by atoms with Crippen molar-refractivity contribution in [2.45, 2.75) is 38.6 Å². The van der Waals surface area contributed by atoms with Crippen LogP contribution in [-0.2, 0) is 13.0 Å². The summed E-state index contributed by atoms with van der Waals surface area (Å²) in [7, 11) is 0. The Hall–Kier alpha value is -0.830. The van der Waals surface area contributed by atoms with Crippen LogP contribution in [0.2, 0.25) is 0 Å². The van der Waals surface area contributed by atoms with Crippen LogP contribution in [0, 0.1) is 0 Å². The molecule has 13 heavy (non-hydrogen) atoms. The highest BCUT2D eigenvalue weighted by molar-refractivity contribution is 5.12. The Balaban J connectivity index is 2.30. The van der Waals surface area contributed by atoms with E-state index in [1.54, 1.807) is 0 Å². The van der Waals surface area contributed by atoms with Gasteiger partial charge in [-0.3, -0.25) is 0 Å². The van der Waals surface area contributed by atoms with Crippen molar-refractivity contribution in [1.29, 1.82) is 0 Å². The molecule has 1 N–H and O–H groups in total. The van der Waals surface area contributed by atoms with E-state index in [4.69, 9.17) is 5.11 Å². The Morgan fingerprint density at radius 2 is 2.54 bits per heavy atom. The number of imidazole rings is 1. The van der Waals surface area contributed by atoms with Gasteiger partial charge in [-0.25, -0.2) is 4.98 Å². The fraction of sp³-hybridized carbons (Fsp3) is 0.700. The number of aliphatic hydroxyl groups is 1. The minimum Gasteiger partial charge on any atom is -0.396 e. The zero-order chi connectivity index (χ0) is 9.26. The van der Waals surface area contributed by atoms with Crippen molar-refractivity contribution < 1.29 is 5.11 Å². The molecule has 1 aromatic heterocycles. The average molecular weight is 180 g/mol. The number of fused-ring (bicyclic) bond motifs is 1. The lowest BCUT2D eigenvalue weighted by atomic mass is 9.99. The van der Waals surface area contributed by atoms with Crippen LogP contribution < -0.4 is 0 Å². The Bertz CT molecular complexity index is 293. The molecule has 0 saturated carbocycles. The molecule has 72 valence electrons. The molecule has 0 bridgehead atoms. The van der Waals surface area contributed by atoms with Crippen LogP contribution in [-0.4, -0.2) is 21.3 Å². The van der Waals surface area contributed by atoms with Gasteiger partial charge in [-0.1, -0.05) is 6.92 Å². The highest BCUT2D eigenvalue weighted by atomic mass is 16.3. The minimum absolute atomic E-state index is 0.199. The maximum atomic E-state index is 8.85. The number of rotatable bonds is 2. The molecular weight excluding hydrogens is 164 g/mol. The molecule has 0 radical (unpaired) electrons. The van der Waals surface area contributed by atoms with Gasteiger partial charge in [0.25, 0.3) is 0 Å². The summed E-state index contributed by atoms with van der Waals surface area (Å²) in [4.78, 5) is 4.34. The quantitative estimate of drug-likeness (QED) is 0.745. The molecule has 1 atom stereocenters. The summed E-state index contributed by atoms with van der Waals surface area (Å²) < 4.78 is 2.27. The van der Waals surface area contributed by atoms with Crippen LogP contribution in [0.4, 0.5) is 0 Å². The van der Waals surface area contributed by atoms with E-state index in [-0.39, 0.29) is 6.61 Å². The fourth-order valence-corrected chi connectivity index (χ4v) is 2.08. The summed E-state index contributed by atoms with van der Waals surface area (Å²) in [6.45, 7) is 3.52. The lowest BCUT2D eigenvalue weighted by Crippen LogP contribution is -2.15. The van der Waals surface area contributed by atoms with E-state index >= 15 is 0 Å². The smallest absolute Gasteiger partial charge is 0.111 e. The second-order valence-electron chi connectivity index (χ2n) is 3.77. The van der Waals surface area contributed by atoms with Gasteiger partial charge in [-0.05, 0) is 18.8 Å². The van der Waals surface area contributed by atoms with Gasteiger partial charge in [0.1, 0.15) is 5.82 Å². The van der Waals surface area contributed by atoms with E-state index in [9.17, 15) is 0 Å². The number of aromatic nitrogens is 2. The van der Waals surface area contributed by atoms with Crippen molar-refractivity contribution in [2.24, 2.45) is 0 Å². The molecule has 0 spiro atoms. The Kier molecular flexibility index (Phi) is 2.36. The molecule has 0 aliphatic carbocycles. The molecule has 3 heteroatoms. The lowest BCUT2D eigenvalue weighted by molar-refractivity contribution is 0.293. The van der Waals surface area contributed by atoms with Crippen molar-refractivity contribution in [3.05, 3.63) is 17.7 Å². The summed E-state index contributed by atoms with van der Waals surface area (Å²) in [6, 6.07) is 0. The topological polar surface area (TPSA) is 38.0 Å². The first kappa shape index (κ1) is 8.75. The molecule has 1 aliphatic heterocycles. The number of nitrogens with zero attached hydrogens (tertiary/aromatic N) is 2. The molecule has 2 heterocycles. The zero-order valence-corrected chi connectivity index (χ0v) is 8.03. The second kappa shape index (κ2) is 3.50. The van der Waals surface area contributed by atoms with Gasteiger partial charge >= 0.3 is 0 Å². The van der Waals surface area contributed by atoms with Gasteiger partial charge in [0.15, 0.2) is 0 Å². The SMILES string of the molecule is CC1CCCn2c1cnc2CCO. The van der Waals surface area contributed by atoms with E-state index in [1.807, 2.05) is 6.20 Å². The van der Waals surface area contributed by atoms with E-state index in [0.717, 1.165) is 12.4 Å². The van der Waals surface area contributed by atoms with Crippen LogP contribution in [0.1, 0.15) is 37.2 Å². The summed E-state index contributed by atoms with van der Waals surface area (Å²) in [6.07, 6.45) is 5.16. The van der Waals surface area contributed by atoms with E-state index in [2.05, 4.69) is 16.5 Å². The number of aliphatic hydroxyl groups excluding tert-OH is 1. The number of hydrogen-bond donors (Lipinski definition) is 1. The van der Waals surface area contributed by atoms with Gasteiger partial charge < -0.3 is 9.67 Å². The first-order valence-electron chi connectivity index (χ1n) is 4.98. The lowest BCUT2D eigenvalue weighted by Gasteiger charge is -2.21. The van der Waals surface area contributed by atoms with Crippen LogP contribution in [0.3, 0.4) is 0 Å². The van der Waals surface area contributed by atoms with Crippen LogP contribution in [0.5, 0.6) is 0 Å². The van der Waals surface area contributed by atoms with Gasteiger partial charge in [-0.2, -0.15) is 0 Å². The monoisotopic (exact) mass is 180 g/mol. The highest BCUT2D eigenvalue weighted by Crippen LogP contribution is 2.27. The molecule has 1 aromatic rings. The maximum Gasteiger partial charge on any atom is 0.111 e. The van der Waals surface area contributed by atoms with Crippen molar-refractivity contribution in [1.82, 2.24) is 9.55 Å². The van der Waals surface area contributed by atoms with Crippen molar-refractivity contribution >= 4 is 0 Å². The third kappa shape index (κ3) is 1.48. The fourth-order valence-electron chi connectivity index (χ4n) is 2.08. The first-order valence-corrected chi connectivity index (χ1v) is 4.98. The Labute approximate surface area is 78.4 Å². The minimum atomic E-state index is 0.199. The molecule has 0 fully saturated rings. The average Bonchev–Trinajstić information content (AvgIpc) is 2.51. The van der Waals surface area contributed by atoms with Crippen LogP contribution in [0.15, 0.2) is 6.20 Å². The summed E-state index contributed by atoms with van der Waals surface area (Å²) in [5, 5.41) is 8.85. The Morgan fingerprint density at radius 1 is 1.69 bits per heavy atom. The largest absolute Gasteiger partial charge is 0.396 e. The van der Waals surface area contributed by atoms with Crippen molar-refractivity contribution in [3.63, 3.8) is 0 Å². The summed E-state index contributed by atoms with van der Waals surface area (Å²) in [5.74, 6) is 1.68. The van der Waals surface area contributed by atoms with E-state index < -0.39 is 0 Å². The highest BCUT2D eigenvalue weighted by Gasteiger charge is 2.18. The van der Waals surface area contributed by atoms with Crippen LogP contribution in [0.25, 0.3) is 0 Å². The number of hydrogen-bond acceptors (Lipinski definition) is 2. The molecule has 1 aliphatic rings. The standard InChI is InChI=1S/C10H16N2O/c1-8-3-2-5-12-9(8)7-11-10(12)4-6-13/h7-8,13H,2-6H2,1H3. The second-order valence-corrected chi connectivity index (χ2v) is 3.77. The molecule has 1 unspecified atom stereocenters. The van der Waals surface area contributed by atoms with Gasteiger partial charge in [0, 0.05) is 24.9 Å². The van der Waals surface area contributed by atoms with Gasteiger partial charge in [0.05, 0.1) is 6.61 Å². The normalized spacial score (nSPS) is 21.5. The first-order chi connectivity index (χ1) is 6.33. The summed E-state index contributed by atoms with van der Waals surface area (Å²) in [5.41, 5.74) is 1.34. The zero-order valence-electron chi connectivity index (χ0n) is 8.03. The van der Waals surface area contributed by atoms with Gasteiger partial charge in [-0.15, -0.1) is 0 Å².